The number of benzene rings is 5. The SMILES string of the molecule is C1=Cc2nc1c(-c1ccc3c(c1)c1ccccc1n3-c1ccccc1)c1ccc([n-]1)c(-c1ccccc1)c1nc(c(-c3ccccn3)c3ccc([n-]3)c2-c2ccccc2)C=C1.[Zn+2]. The van der Waals surface area contributed by atoms with E-state index in [4.69, 9.17) is 24.9 Å². The summed E-state index contributed by atoms with van der Waals surface area (Å²) in [6.45, 7) is 0. The Balaban J connectivity index is 0.00000432. The molecule has 2 aliphatic rings. The molecule has 0 radical (unpaired) electrons. The molecule has 0 fully saturated rings. The van der Waals surface area contributed by atoms with Gasteiger partial charge in [-0.05, 0) is 100 Å². The molecule has 0 aliphatic carbocycles. The maximum absolute atomic E-state index is 5.49. The smallest absolute Gasteiger partial charge is 0.657 e. The second-order valence-electron chi connectivity index (χ2n) is 15.2. The number of hydrogen-bond donors (Lipinski definition) is 0. The molecule has 286 valence electrons. The van der Waals surface area contributed by atoms with Gasteiger partial charge < -0.3 is 14.5 Å². The molecule has 12 rings (SSSR count). The number of aromatic nitrogens is 6. The molecule has 0 N–H and O–H groups in total. The van der Waals surface area contributed by atoms with Crippen molar-refractivity contribution in [1.82, 2.24) is 29.5 Å². The van der Waals surface area contributed by atoms with Gasteiger partial charge >= 0.3 is 19.5 Å². The molecule has 7 heterocycles. The van der Waals surface area contributed by atoms with Crippen LogP contribution >= 0.6 is 0 Å². The van der Waals surface area contributed by atoms with E-state index in [9.17, 15) is 0 Å². The average molecular weight is 844 g/mol. The fourth-order valence-electron chi connectivity index (χ4n) is 8.94. The molecule has 8 bridgehead atoms. The second-order valence-corrected chi connectivity index (χ2v) is 15.2. The standard InChI is InChI=1S/C55H34N6.Zn/c1-4-14-35(15-5-1)52-42-24-26-46(57-42)54(37-23-32-51-40(34-37)39-20-10-11-22-50(39)61(51)38-18-8-3-9-19-38)47-27-25-43(58-47)53(36-16-6-2-7-17-36)45-29-31-49(60-45)55(41-21-12-13-33-56-41)48-30-28-44(52)59-48;/h1-34H;/q-2;+2. The van der Waals surface area contributed by atoms with Crippen LogP contribution in [0.3, 0.4) is 0 Å². The van der Waals surface area contributed by atoms with E-state index >= 15 is 0 Å². The summed E-state index contributed by atoms with van der Waals surface area (Å²) in [6.07, 6.45) is 10.2. The zero-order valence-corrected chi connectivity index (χ0v) is 36.5. The van der Waals surface area contributed by atoms with Crippen molar-refractivity contribution in [2.45, 2.75) is 0 Å². The fourth-order valence-corrected chi connectivity index (χ4v) is 8.94. The van der Waals surface area contributed by atoms with E-state index in [1.54, 1.807) is 0 Å². The van der Waals surface area contributed by atoms with Gasteiger partial charge in [-0.2, -0.15) is 0 Å². The Hall–Kier alpha value is -7.73. The van der Waals surface area contributed by atoms with E-state index in [1.807, 2.05) is 36.5 Å². The van der Waals surface area contributed by atoms with Gasteiger partial charge in [0.25, 0.3) is 0 Å². The van der Waals surface area contributed by atoms with E-state index < -0.39 is 0 Å². The molecule has 0 amide bonds. The molecule has 0 unspecified atom stereocenters. The van der Waals surface area contributed by atoms with Gasteiger partial charge in [-0.3, -0.25) is 4.98 Å². The van der Waals surface area contributed by atoms with Crippen LogP contribution in [0.15, 0.2) is 182 Å². The van der Waals surface area contributed by atoms with Crippen LogP contribution in [-0.4, -0.2) is 19.5 Å². The Labute approximate surface area is 370 Å². The summed E-state index contributed by atoms with van der Waals surface area (Å²) in [5.41, 5.74) is 17.5. The van der Waals surface area contributed by atoms with E-state index in [0.717, 1.165) is 112 Å². The first kappa shape index (κ1) is 37.3. The van der Waals surface area contributed by atoms with Crippen molar-refractivity contribution in [2.24, 2.45) is 0 Å². The van der Waals surface area contributed by atoms with Crippen LogP contribution < -0.4 is 9.97 Å². The first-order valence-corrected chi connectivity index (χ1v) is 20.4. The summed E-state index contributed by atoms with van der Waals surface area (Å²) in [6, 6.07) is 61.1. The van der Waals surface area contributed by atoms with Crippen LogP contribution in [0.25, 0.3) is 119 Å². The van der Waals surface area contributed by atoms with Gasteiger partial charge in [0.05, 0.1) is 39.5 Å². The molecule has 0 atom stereocenters. The van der Waals surface area contributed by atoms with Crippen molar-refractivity contribution in [3.8, 4) is 50.3 Å². The van der Waals surface area contributed by atoms with Crippen molar-refractivity contribution >= 4 is 68.2 Å². The molecular weight excluding hydrogens is 810 g/mol. The number of nitrogens with zero attached hydrogens (tertiary/aromatic N) is 6. The van der Waals surface area contributed by atoms with Crippen molar-refractivity contribution in [3.63, 3.8) is 0 Å². The van der Waals surface area contributed by atoms with Gasteiger partial charge in [0.15, 0.2) is 0 Å². The van der Waals surface area contributed by atoms with Crippen molar-refractivity contribution in [1.29, 1.82) is 0 Å². The van der Waals surface area contributed by atoms with Gasteiger partial charge in [-0.1, -0.05) is 133 Å². The Morgan fingerprint density at radius 1 is 0.371 bits per heavy atom. The third-order valence-corrected chi connectivity index (χ3v) is 11.6. The molecule has 10 aromatic rings. The minimum Gasteiger partial charge on any atom is -0.657 e. The molecule has 5 aromatic carbocycles. The van der Waals surface area contributed by atoms with E-state index in [2.05, 4.69) is 174 Å². The van der Waals surface area contributed by atoms with E-state index in [1.165, 1.54) is 5.39 Å². The summed E-state index contributed by atoms with van der Waals surface area (Å²) >= 11 is 0. The van der Waals surface area contributed by atoms with Crippen LogP contribution in [0.2, 0.25) is 0 Å². The maximum atomic E-state index is 5.49. The molecule has 0 saturated heterocycles. The molecule has 2 aliphatic heterocycles. The normalized spacial score (nSPS) is 11.9. The summed E-state index contributed by atoms with van der Waals surface area (Å²) in [5, 5.41) is 2.34. The quantitative estimate of drug-likeness (QED) is 0.161. The number of fused-ring (bicyclic) bond motifs is 11. The van der Waals surface area contributed by atoms with Crippen LogP contribution in [-0.2, 0) is 19.5 Å². The fraction of sp³-hybridized carbons (Fsp3) is 0. The van der Waals surface area contributed by atoms with Crippen LogP contribution in [0.1, 0.15) is 22.8 Å². The Bertz CT molecular complexity index is 3530. The minimum absolute atomic E-state index is 0. The third-order valence-electron chi connectivity index (χ3n) is 11.6. The third kappa shape index (κ3) is 6.25. The van der Waals surface area contributed by atoms with Gasteiger partial charge in [0, 0.05) is 28.2 Å². The van der Waals surface area contributed by atoms with E-state index in [0.29, 0.717) is 0 Å². The second kappa shape index (κ2) is 15.4. The zero-order valence-electron chi connectivity index (χ0n) is 33.5. The summed E-state index contributed by atoms with van der Waals surface area (Å²) < 4.78 is 2.34. The monoisotopic (exact) mass is 842 g/mol. The first-order chi connectivity index (χ1) is 30.2. The predicted molar refractivity (Wildman–Crippen MR) is 251 cm³/mol. The summed E-state index contributed by atoms with van der Waals surface area (Å²) in [5.74, 6) is 0. The number of rotatable bonds is 5. The van der Waals surface area contributed by atoms with Gasteiger partial charge in [0.2, 0.25) is 0 Å². The zero-order chi connectivity index (χ0) is 40.3. The largest absolute Gasteiger partial charge is 2.00 e. The molecule has 5 aromatic heterocycles. The van der Waals surface area contributed by atoms with Crippen LogP contribution in [0.5, 0.6) is 0 Å². The molecule has 0 spiro atoms. The number of para-hydroxylation sites is 2. The summed E-state index contributed by atoms with van der Waals surface area (Å²) in [4.78, 5) is 26.5. The first-order valence-electron chi connectivity index (χ1n) is 20.4. The molecule has 62 heavy (non-hydrogen) atoms. The summed E-state index contributed by atoms with van der Waals surface area (Å²) in [7, 11) is 0. The van der Waals surface area contributed by atoms with Crippen molar-refractivity contribution in [3.05, 3.63) is 205 Å². The Morgan fingerprint density at radius 3 is 1.40 bits per heavy atom. The number of hydrogen-bond acceptors (Lipinski definition) is 3. The Kier molecular flexibility index (Phi) is 9.25. The Morgan fingerprint density at radius 2 is 0.839 bits per heavy atom. The van der Waals surface area contributed by atoms with Gasteiger partial charge in [-0.25, -0.2) is 9.97 Å². The molecular formula is C55H34N6Zn. The van der Waals surface area contributed by atoms with Crippen LogP contribution in [0.4, 0.5) is 0 Å². The topological polar surface area (TPSA) is 71.8 Å². The molecule has 7 heteroatoms. The predicted octanol–water partition coefficient (Wildman–Crippen LogP) is 13.1. The molecule has 0 saturated carbocycles. The van der Waals surface area contributed by atoms with Gasteiger partial charge in [0.1, 0.15) is 0 Å². The van der Waals surface area contributed by atoms with Crippen molar-refractivity contribution < 1.29 is 19.5 Å². The molecule has 6 nitrogen and oxygen atoms in total. The van der Waals surface area contributed by atoms with Crippen molar-refractivity contribution in [2.75, 3.05) is 0 Å². The minimum atomic E-state index is 0. The number of pyridine rings is 1. The average Bonchev–Trinajstić information content (AvgIpc) is 4.19. The van der Waals surface area contributed by atoms with E-state index in [-0.39, 0.29) is 19.5 Å². The van der Waals surface area contributed by atoms with Gasteiger partial charge in [-0.15, -0.1) is 22.1 Å². The van der Waals surface area contributed by atoms with Crippen LogP contribution in [0, 0.1) is 0 Å². The maximum Gasteiger partial charge on any atom is 2.00 e.